The third-order valence-corrected chi connectivity index (χ3v) is 5.22. The van der Waals surface area contributed by atoms with Gasteiger partial charge in [0.2, 0.25) is 5.95 Å². The van der Waals surface area contributed by atoms with Gasteiger partial charge < -0.3 is 19.7 Å². The first-order chi connectivity index (χ1) is 13.1. The van der Waals surface area contributed by atoms with Crippen LogP contribution in [-0.2, 0) is 13.6 Å². The summed E-state index contributed by atoms with van der Waals surface area (Å²) in [6.07, 6.45) is 0. The average molecular weight is 384 g/mol. The van der Waals surface area contributed by atoms with Gasteiger partial charge in [0, 0.05) is 44.8 Å². The van der Waals surface area contributed by atoms with Crippen LogP contribution in [0.15, 0.2) is 48.5 Å². The number of imidazole rings is 1. The predicted octanol–water partition coefficient (Wildman–Crippen LogP) is 3.26. The van der Waals surface area contributed by atoms with Gasteiger partial charge in [0.05, 0.1) is 11.0 Å². The molecule has 2 amide bonds. The van der Waals surface area contributed by atoms with Crippen molar-refractivity contribution in [1.29, 1.82) is 0 Å². The van der Waals surface area contributed by atoms with Crippen LogP contribution in [-0.4, -0.2) is 46.7 Å². The van der Waals surface area contributed by atoms with E-state index in [0.717, 1.165) is 35.6 Å². The molecule has 4 rings (SSSR count). The number of nitrogens with one attached hydrogen (secondary N) is 1. The third kappa shape index (κ3) is 3.71. The molecule has 27 heavy (non-hydrogen) atoms. The first-order valence-electron chi connectivity index (χ1n) is 9.05. The summed E-state index contributed by atoms with van der Waals surface area (Å²) < 4.78 is 2.12. The van der Waals surface area contributed by atoms with E-state index in [1.165, 1.54) is 0 Å². The molecule has 7 heteroatoms. The van der Waals surface area contributed by atoms with Gasteiger partial charge in [-0.25, -0.2) is 9.78 Å². The Hall–Kier alpha value is -2.73. The number of carbonyl (C=O) groups is 1. The Morgan fingerprint density at radius 1 is 1.07 bits per heavy atom. The molecule has 3 aromatic rings. The second-order valence-corrected chi connectivity index (χ2v) is 7.16. The van der Waals surface area contributed by atoms with Crippen LogP contribution in [0.2, 0.25) is 5.02 Å². The fourth-order valence-electron chi connectivity index (χ4n) is 3.42. The van der Waals surface area contributed by atoms with Crippen LogP contribution in [0, 0.1) is 0 Å². The molecule has 1 saturated heterocycles. The summed E-state index contributed by atoms with van der Waals surface area (Å²) in [6, 6.07) is 15.6. The topological polar surface area (TPSA) is 53.4 Å². The molecule has 0 unspecified atom stereocenters. The van der Waals surface area contributed by atoms with Gasteiger partial charge in [-0.15, -0.1) is 0 Å². The van der Waals surface area contributed by atoms with Crippen molar-refractivity contribution in [3.8, 4) is 0 Å². The first kappa shape index (κ1) is 17.7. The van der Waals surface area contributed by atoms with Gasteiger partial charge in [-0.2, -0.15) is 0 Å². The number of anilines is 1. The second kappa shape index (κ2) is 7.48. The number of amides is 2. The smallest absolute Gasteiger partial charge is 0.317 e. The summed E-state index contributed by atoms with van der Waals surface area (Å²) in [6.45, 7) is 3.39. The fraction of sp³-hybridized carbons (Fsp3) is 0.300. The van der Waals surface area contributed by atoms with Crippen LogP contribution in [0.3, 0.4) is 0 Å². The first-order valence-corrected chi connectivity index (χ1v) is 9.43. The molecule has 0 saturated carbocycles. The Balaban J connectivity index is 1.34. The number of para-hydroxylation sites is 2. The van der Waals surface area contributed by atoms with Gasteiger partial charge in [-0.1, -0.05) is 35.9 Å². The molecule has 1 aliphatic rings. The lowest BCUT2D eigenvalue weighted by molar-refractivity contribution is 0.193. The maximum Gasteiger partial charge on any atom is 0.317 e. The van der Waals surface area contributed by atoms with Crippen molar-refractivity contribution in [2.75, 3.05) is 31.1 Å². The van der Waals surface area contributed by atoms with Crippen LogP contribution in [0.25, 0.3) is 11.0 Å². The fourth-order valence-corrected chi connectivity index (χ4v) is 3.54. The van der Waals surface area contributed by atoms with E-state index in [0.29, 0.717) is 24.7 Å². The molecule has 0 bridgehead atoms. The molecule has 0 radical (unpaired) electrons. The highest BCUT2D eigenvalue weighted by Gasteiger charge is 2.23. The lowest BCUT2D eigenvalue weighted by atomic mass is 10.2. The van der Waals surface area contributed by atoms with E-state index in [1.807, 2.05) is 54.4 Å². The van der Waals surface area contributed by atoms with Crippen molar-refractivity contribution >= 4 is 34.6 Å². The van der Waals surface area contributed by atoms with Crippen LogP contribution in [0.1, 0.15) is 5.56 Å². The van der Waals surface area contributed by atoms with Gasteiger partial charge in [0.25, 0.3) is 0 Å². The molecule has 6 nitrogen and oxygen atoms in total. The number of benzene rings is 2. The zero-order chi connectivity index (χ0) is 18.8. The molecule has 2 aromatic carbocycles. The lowest BCUT2D eigenvalue weighted by Crippen LogP contribution is -2.52. The Bertz CT molecular complexity index is 945. The predicted molar refractivity (Wildman–Crippen MR) is 108 cm³/mol. The lowest BCUT2D eigenvalue weighted by Gasteiger charge is -2.35. The number of hydrogen-bond acceptors (Lipinski definition) is 3. The van der Waals surface area contributed by atoms with E-state index in [-0.39, 0.29) is 6.03 Å². The third-order valence-electron chi connectivity index (χ3n) is 4.97. The molecule has 1 N–H and O–H groups in total. The van der Waals surface area contributed by atoms with E-state index >= 15 is 0 Å². The van der Waals surface area contributed by atoms with Crippen molar-refractivity contribution in [1.82, 2.24) is 19.8 Å². The largest absolute Gasteiger partial charge is 0.339 e. The number of halogens is 1. The molecule has 1 fully saturated rings. The molecule has 1 aromatic heterocycles. The Kier molecular flexibility index (Phi) is 4.90. The highest BCUT2D eigenvalue weighted by Crippen LogP contribution is 2.22. The maximum absolute atomic E-state index is 12.4. The van der Waals surface area contributed by atoms with E-state index in [9.17, 15) is 4.79 Å². The van der Waals surface area contributed by atoms with Crippen molar-refractivity contribution < 1.29 is 4.79 Å². The maximum atomic E-state index is 12.4. The molecule has 0 spiro atoms. The number of rotatable bonds is 3. The summed E-state index contributed by atoms with van der Waals surface area (Å²) in [5, 5.41) is 3.68. The molecule has 140 valence electrons. The van der Waals surface area contributed by atoms with E-state index in [2.05, 4.69) is 20.9 Å². The Morgan fingerprint density at radius 2 is 1.78 bits per heavy atom. The van der Waals surface area contributed by atoms with Crippen LogP contribution >= 0.6 is 11.6 Å². The van der Waals surface area contributed by atoms with Gasteiger partial charge in [0.1, 0.15) is 0 Å². The van der Waals surface area contributed by atoms with Crippen molar-refractivity contribution in [3.05, 3.63) is 59.1 Å². The minimum absolute atomic E-state index is 0.0328. The standard InChI is InChI=1S/C20H22ClN5O/c1-24-18-5-3-2-4-17(18)23-19(24)25-10-12-26(13-11-25)20(27)22-14-15-6-8-16(21)9-7-15/h2-9H,10-14H2,1H3,(H,22,27). The zero-order valence-corrected chi connectivity index (χ0v) is 16.0. The van der Waals surface area contributed by atoms with Gasteiger partial charge in [-0.05, 0) is 29.8 Å². The van der Waals surface area contributed by atoms with E-state index in [4.69, 9.17) is 16.6 Å². The number of piperazine rings is 1. The van der Waals surface area contributed by atoms with E-state index in [1.54, 1.807) is 0 Å². The number of aryl methyl sites for hydroxylation is 1. The molecule has 0 aliphatic carbocycles. The van der Waals surface area contributed by atoms with E-state index < -0.39 is 0 Å². The Morgan fingerprint density at radius 3 is 2.48 bits per heavy atom. The van der Waals surface area contributed by atoms with Crippen LogP contribution in [0.4, 0.5) is 10.7 Å². The second-order valence-electron chi connectivity index (χ2n) is 6.72. The SMILES string of the molecule is Cn1c(N2CCN(C(=O)NCc3ccc(Cl)cc3)CC2)nc2ccccc21. The quantitative estimate of drug-likeness (QED) is 0.755. The monoisotopic (exact) mass is 383 g/mol. The van der Waals surface area contributed by atoms with Crippen molar-refractivity contribution in [2.24, 2.45) is 7.05 Å². The normalized spacial score (nSPS) is 14.6. The Labute approximate surface area is 163 Å². The molecular formula is C20H22ClN5O. The van der Waals surface area contributed by atoms with Gasteiger partial charge >= 0.3 is 6.03 Å². The molecule has 2 heterocycles. The average Bonchev–Trinajstić information content (AvgIpc) is 3.04. The number of fused-ring (bicyclic) bond motifs is 1. The van der Waals surface area contributed by atoms with Crippen LogP contribution in [0.5, 0.6) is 0 Å². The van der Waals surface area contributed by atoms with Crippen molar-refractivity contribution in [2.45, 2.75) is 6.54 Å². The summed E-state index contributed by atoms with van der Waals surface area (Å²) in [5.74, 6) is 0.956. The van der Waals surface area contributed by atoms with Crippen LogP contribution < -0.4 is 10.2 Å². The number of carbonyl (C=O) groups excluding carboxylic acids is 1. The summed E-state index contributed by atoms with van der Waals surface area (Å²) in [5.41, 5.74) is 3.15. The summed E-state index contributed by atoms with van der Waals surface area (Å²) in [4.78, 5) is 21.3. The molecule has 1 aliphatic heterocycles. The van der Waals surface area contributed by atoms with Gasteiger partial charge in [-0.3, -0.25) is 0 Å². The van der Waals surface area contributed by atoms with Crippen molar-refractivity contribution in [3.63, 3.8) is 0 Å². The molecule has 0 atom stereocenters. The number of hydrogen-bond donors (Lipinski definition) is 1. The minimum atomic E-state index is -0.0328. The number of aromatic nitrogens is 2. The highest BCUT2D eigenvalue weighted by atomic mass is 35.5. The number of urea groups is 1. The summed E-state index contributed by atoms with van der Waals surface area (Å²) >= 11 is 5.89. The van der Waals surface area contributed by atoms with Gasteiger partial charge in [0.15, 0.2) is 0 Å². The minimum Gasteiger partial charge on any atom is -0.339 e. The number of nitrogens with zero attached hydrogens (tertiary/aromatic N) is 4. The molecular weight excluding hydrogens is 362 g/mol. The summed E-state index contributed by atoms with van der Waals surface area (Å²) in [7, 11) is 2.04. The highest BCUT2D eigenvalue weighted by molar-refractivity contribution is 6.30. The zero-order valence-electron chi connectivity index (χ0n) is 15.2.